The molecule has 33 heavy (non-hydrogen) atoms. The number of hydrogen-bond acceptors (Lipinski definition) is 8. The first-order chi connectivity index (χ1) is 15.9. The Morgan fingerprint density at radius 2 is 1.97 bits per heavy atom. The van der Waals surface area contributed by atoms with E-state index in [4.69, 9.17) is 19.3 Å². The highest BCUT2D eigenvalue weighted by atomic mass is 79.9. The van der Waals surface area contributed by atoms with Crippen molar-refractivity contribution in [3.63, 3.8) is 0 Å². The molecular formula is C23H31BrN4O4S. The SMILES string of the molecule is CCCCOC(=O)C1=C(C)Nc2nc(SCCCC)nn2C1c1cc(Br)c(OC)c(OC)c1. The topological polar surface area (TPSA) is 87.5 Å². The van der Waals surface area contributed by atoms with E-state index in [1.165, 1.54) is 0 Å². The van der Waals surface area contributed by atoms with Crippen molar-refractivity contribution in [3.05, 3.63) is 33.4 Å². The van der Waals surface area contributed by atoms with Gasteiger partial charge in [-0.15, -0.1) is 5.10 Å². The molecule has 3 rings (SSSR count). The van der Waals surface area contributed by atoms with Crippen LogP contribution in [0.5, 0.6) is 11.5 Å². The number of benzene rings is 1. The summed E-state index contributed by atoms with van der Waals surface area (Å²) in [5.41, 5.74) is 1.99. The summed E-state index contributed by atoms with van der Waals surface area (Å²) in [6.07, 6.45) is 3.95. The third-order valence-electron chi connectivity index (χ3n) is 5.28. The molecule has 1 aliphatic rings. The van der Waals surface area contributed by atoms with Crippen molar-refractivity contribution in [1.29, 1.82) is 0 Å². The first-order valence-electron chi connectivity index (χ1n) is 11.1. The fourth-order valence-electron chi connectivity index (χ4n) is 3.56. The normalized spacial score (nSPS) is 15.2. The van der Waals surface area contributed by atoms with Crippen molar-refractivity contribution < 1.29 is 19.0 Å². The van der Waals surface area contributed by atoms with E-state index in [1.807, 2.05) is 19.1 Å². The van der Waals surface area contributed by atoms with Gasteiger partial charge in [0.2, 0.25) is 11.1 Å². The van der Waals surface area contributed by atoms with Gasteiger partial charge in [0.05, 0.1) is 30.9 Å². The molecular weight excluding hydrogens is 508 g/mol. The van der Waals surface area contributed by atoms with Gasteiger partial charge >= 0.3 is 5.97 Å². The maximum Gasteiger partial charge on any atom is 0.338 e. The Bertz CT molecular complexity index is 1020. The fraction of sp³-hybridized carbons (Fsp3) is 0.522. The summed E-state index contributed by atoms with van der Waals surface area (Å²) < 4.78 is 19.1. The molecule has 1 aromatic carbocycles. The van der Waals surface area contributed by atoms with Crippen molar-refractivity contribution >= 4 is 39.6 Å². The number of methoxy groups -OCH3 is 2. The molecule has 180 valence electrons. The van der Waals surface area contributed by atoms with E-state index in [1.54, 1.807) is 30.7 Å². The lowest BCUT2D eigenvalue weighted by molar-refractivity contribution is -0.139. The third-order valence-corrected chi connectivity index (χ3v) is 6.80. The highest BCUT2D eigenvalue weighted by Crippen LogP contribution is 2.43. The molecule has 1 atom stereocenters. The van der Waals surface area contributed by atoms with Gasteiger partial charge in [0.15, 0.2) is 11.5 Å². The monoisotopic (exact) mass is 538 g/mol. The van der Waals surface area contributed by atoms with Crippen LogP contribution in [0.15, 0.2) is 33.0 Å². The van der Waals surface area contributed by atoms with Crippen LogP contribution in [0.3, 0.4) is 0 Å². The van der Waals surface area contributed by atoms with Crippen molar-refractivity contribution in [2.24, 2.45) is 0 Å². The molecule has 2 aromatic rings. The summed E-state index contributed by atoms with van der Waals surface area (Å²) in [4.78, 5) is 17.9. The van der Waals surface area contributed by atoms with Crippen LogP contribution in [0.4, 0.5) is 5.95 Å². The van der Waals surface area contributed by atoms with Crippen LogP contribution >= 0.6 is 27.7 Å². The number of unbranched alkanes of at least 4 members (excludes halogenated alkanes) is 2. The number of thioether (sulfide) groups is 1. The van der Waals surface area contributed by atoms with E-state index in [9.17, 15) is 4.79 Å². The highest BCUT2D eigenvalue weighted by Gasteiger charge is 2.36. The summed E-state index contributed by atoms with van der Waals surface area (Å²) in [5, 5.41) is 8.66. The summed E-state index contributed by atoms with van der Waals surface area (Å²) in [7, 11) is 3.17. The summed E-state index contributed by atoms with van der Waals surface area (Å²) in [6, 6.07) is 3.25. The average molecular weight is 539 g/mol. The number of fused-ring (bicyclic) bond motifs is 1. The smallest absolute Gasteiger partial charge is 0.338 e. The molecule has 0 amide bonds. The number of halogens is 1. The Morgan fingerprint density at radius 1 is 1.21 bits per heavy atom. The second-order valence-corrected chi connectivity index (χ2v) is 9.57. The summed E-state index contributed by atoms with van der Waals surface area (Å²) in [6.45, 7) is 6.45. The van der Waals surface area contributed by atoms with Gasteiger partial charge in [0.25, 0.3) is 0 Å². The Kier molecular flexibility index (Phi) is 9.08. The fourth-order valence-corrected chi connectivity index (χ4v) is 5.09. The Labute approximate surface area is 207 Å². The number of rotatable bonds is 11. The number of hydrogen-bond donors (Lipinski definition) is 1. The number of carbonyl (C=O) groups is 1. The number of allylic oxidation sites excluding steroid dienone is 1. The molecule has 1 N–H and O–H groups in total. The Balaban J connectivity index is 2.09. The lowest BCUT2D eigenvalue weighted by atomic mass is 9.95. The number of carbonyl (C=O) groups excluding carboxylic acids is 1. The zero-order valence-electron chi connectivity index (χ0n) is 19.7. The average Bonchev–Trinajstić information content (AvgIpc) is 3.19. The van der Waals surface area contributed by atoms with E-state index in [2.05, 4.69) is 40.1 Å². The molecule has 2 heterocycles. The molecule has 0 fully saturated rings. The molecule has 1 unspecified atom stereocenters. The number of nitrogens with one attached hydrogen (secondary N) is 1. The lowest BCUT2D eigenvalue weighted by Crippen LogP contribution is -2.30. The number of aromatic nitrogens is 3. The van der Waals surface area contributed by atoms with Crippen LogP contribution in [0.1, 0.15) is 58.1 Å². The maximum atomic E-state index is 13.2. The molecule has 0 saturated carbocycles. The zero-order chi connectivity index (χ0) is 24.0. The van der Waals surface area contributed by atoms with E-state index in [0.717, 1.165) is 37.0 Å². The highest BCUT2D eigenvalue weighted by molar-refractivity contribution is 9.10. The molecule has 1 aliphatic heterocycles. The van der Waals surface area contributed by atoms with E-state index in [0.29, 0.717) is 45.0 Å². The van der Waals surface area contributed by atoms with E-state index >= 15 is 0 Å². The predicted molar refractivity (Wildman–Crippen MR) is 133 cm³/mol. The van der Waals surface area contributed by atoms with Crippen LogP contribution < -0.4 is 14.8 Å². The number of ether oxygens (including phenoxy) is 3. The van der Waals surface area contributed by atoms with Crippen molar-refractivity contribution in [1.82, 2.24) is 14.8 Å². The minimum absolute atomic E-state index is 0.370. The first kappa shape index (κ1) is 25.4. The summed E-state index contributed by atoms with van der Waals surface area (Å²) >= 11 is 5.18. The van der Waals surface area contributed by atoms with Gasteiger partial charge in [-0.1, -0.05) is 38.5 Å². The molecule has 8 nitrogen and oxygen atoms in total. The van der Waals surface area contributed by atoms with Crippen LogP contribution in [0, 0.1) is 0 Å². The van der Waals surface area contributed by atoms with Gasteiger partial charge < -0.3 is 19.5 Å². The van der Waals surface area contributed by atoms with Crippen LogP contribution in [0.2, 0.25) is 0 Å². The van der Waals surface area contributed by atoms with Crippen LogP contribution in [0.25, 0.3) is 0 Å². The third kappa shape index (κ3) is 5.66. The maximum absolute atomic E-state index is 13.2. The first-order valence-corrected chi connectivity index (χ1v) is 12.9. The second kappa shape index (κ2) is 11.8. The van der Waals surface area contributed by atoms with Crippen LogP contribution in [-0.4, -0.2) is 47.3 Å². The van der Waals surface area contributed by atoms with E-state index < -0.39 is 6.04 Å². The Morgan fingerprint density at radius 3 is 2.64 bits per heavy atom. The van der Waals surface area contributed by atoms with Crippen LogP contribution in [-0.2, 0) is 9.53 Å². The summed E-state index contributed by atoms with van der Waals surface area (Å²) in [5.74, 6) is 2.29. The minimum Gasteiger partial charge on any atom is -0.493 e. The number of esters is 1. The van der Waals surface area contributed by atoms with Gasteiger partial charge in [-0.25, -0.2) is 9.48 Å². The van der Waals surface area contributed by atoms with Gasteiger partial charge in [-0.05, 0) is 53.4 Å². The minimum atomic E-state index is -0.528. The molecule has 0 radical (unpaired) electrons. The molecule has 1 aromatic heterocycles. The van der Waals surface area contributed by atoms with Crippen molar-refractivity contribution in [2.45, 2.75) is 57.7 Å². The van der Waals surface area contributed by atoms with Crippen molar-refractivity contribution in [2.75, 3.05) is 31.9 Å². The standard InChI is InChI=1S/C23H31BrN4O4S/c1-6-8-10-32-21(29)18-14(3)25-22-26-23(33-11-9-7-2)27-28(22)19(18)15-12-16(24)20(31-5)17(13-15)30-4/h12-13,19H,6-11H2,1-5H3,(H,25,26,27). The number of nitrogens with zero attached hydrogens (tertiary/aromatic N) is 3. The molecule has 0 saturated heterocycles. The van der Waals surface area contributed by atoms with Gasteiger partial charge in [-0.3, -0.25) is 0 Å². The number of anilines is 1. The molecule has 10 heteroatoms. The van der Waals surface area contributed by atoms with E-state index in [-0.39, 0.29) is 5.97 Å². The van der Waals surface area contributed by atoms with Gasteiger partial charge in [-0.2, -0.15) is 4.98 Å². The predicted octanol–water partition coefficient (Wildman–Crippen LogP) is 5.58. The lowest BCUT2D eigenvalue weighted by Gasteiger charge is -2.28. The molecule has 0 spiro atoms. The van der Waals surface area contributed by atoms with Gasteiger partial charge in [0.1, 0.15) is 6.04 Å². The second-order valence-electron chi connectivity index (χ2n) is 7.66. The largest absolute Gasteiger partial charge is 0.493 e. The quantitative estimate of drug-likeness (QED) is 0.225. The Hall–Kier alpha value is -2.20. The molecule has 0 aliphatic carbocycles. The molecule has 0 bridgehead atoms. The van der Waals surface area contributed by atoms with Crippen molar-refractivity contribution in [3.8, 4) is 11.5 Å². The zero-order valence-corrected chi connectivity index (χ0v) is 22.1. The van der Waals surface area contributed by atoms with Gasteiger partial charge in [0, 0.05) is 11.4 Å².